The van der Waals surface area contributed by atoms with Gasteiger partial charge in [-0.05, 0) is 70.1 Å². The maximum absolute atomic E-state index is 13.7. The summed E-state index contributed by atoms with van der Waals surface area (Å²) in [5.74, 6) is 0. The van der Waals surface area contributed by atoms with Crippen molar-refractivity contribution in [2.75, 3.05) is 0 Å². The highest BCUT2D eigenvalue weighted by Crippen LogP contribution is 2.38. The van der Waals surface area contributed by atoms with Crippen molar-refractivity contribution in [3.05, 3.63) is 168 Å². The van der Waals surface area contributed by atoms with Gasteiger partial charge in [0.2, 0.25) is 0 Å². The molecule has 0 bridgehead atoms. The first kappa shape index (κ1) is 25.2. The van der Waals surface area contributed by atoms with Crippen molar-refractivity contribution >= 4 is 59.8 Å². The van der Waals surface area contributed by atoms with Crippen molar-refractivity contribution in [2.45, 2.75) is 0 Å². The van der Waals surface area contributed by atoms with Gasteiger partial charge < -0.3 is 4.57 Å². The molecule has 3 heteroatoms. The number of pyridine rings is 1. The summed E-state index contributed by atoms with van der Waals surface area (Å²) in [6, 6.07) is 55.6. The third-order valence-electron chi connectivity index (χ3n) is 9.68. The van der Waals surface area contributed by atoms with Crippen molar-refractivity contribution in [3.63, 3.8) is 0 Å². The highest BCUT2D eigenvalue weighted by atomic mass is 16.1. The van der Waals surface area contributed by atoms with Crippen molar-refractivity contribution in [2.24, 2.45) is 0 Å². The fourth-order valence-electron chi connectivity index (χ4n) is 7.56. The topological polar surface area (TPSA) is 26.4 Å². The number of nitrogens with zero attached hydrogens (tertiary/aromatic N) is 2. The molecule has 0 saturated carbocycles. The summed E-state index contributed by atoms with van der Waals surface area (Å²) in [7, 11) is 0. The number of hydrogen-bond acceptors (Lipinski definition) is 1. The van der Waals surface area contributed by atoms with E-state index in [1.165, 1.54) is 32.9 Å². The van der Waals surface area contributed by atoms with Crippen LogP contribution in [0.3, 0.4) is 0 Å². The lowest BCUT2D eigenvalue weighted by Gasteiger charge is -2.11. The molecule has 10 rings (SSSR count). The highest BCUT2D eigenvalue weighted by Gasteiger charge is 2.18. The van der Waals surface area contributed by atoms with Gasteiger partial charge >= 0.3 is 0 Å². The maximum atomic E-state index is 13.7. The Hall–Kier alpha value is -6.19. The fraction of sp³-hybridized carbons (Fsp3) is 0. The maximum Gasteiger partial charge on any atom is 0.263 e. The molecule has 0 fully saturated rings. The van der Waals surface area contributed by atoms with Crippen LogP contribution in [0.5, 0.6) is 0 Å². The molecule has 0 spiro atoms. The lowest BCUT2D eigenvalue weighted by atomic mass is 10.0. The molecule has 0 aliphatic carbocycles. The molecule has 0 saturated heterocycles. The van der Waals surface area contributed by atoms with Crippen LogP contribution in [0.25, 0.3) is 87.7 Å². The van der Waals surface area contributed by atoms with E-state index in [0.29, 0.717) is 0 Å². The second kappa shape index (κ2) is 9.40. The van der Waals surface area contributed by atoms with Crippen molar-refractivity contribution in [1.29, 1.82) is 0 Å². The first-order valence-corrected chi connectivity index (χ1v) is 15.7. The van der Waals surface area contributed by atoms with Gasteiger partial charge in [-0.3, -0.25) is 9.20 Å². The van der Waals surface area contributed by atoms with E-state index in [0.717, 1.165) is 54.8 Å². The van der Waals surface area contributed by atoms with E-state index in [2.05, 4.69) is 144 Å². The van der Waals surface area contributed by atoms with Gasteiger partial charge in [0.1, 0.15) is 0 Å². The van der Waals surface area contributed by atoms with Gasteiger partial charge in [-0.2, -0.15) is 0 Å². The van der Waals surface area contributed by atoms with Crippen molar-refractivity contribution < 1.29 is 0 Å². The molecule has 46 heavy (non-hydrogen) atoms. The third kappa shape index (κ3) is 3.45. The van der Waals surface area contributed by atoms with E-state index in [-0.39, 0.29) is 5.56 Å². The lowest BCUT2D eigenvalue weighted by Crippen LogP contribution is -2.12. The zero-order chi connectivity index (χ0) is 30.4. The molecule has 0 N–H and O–H groups in total. The summed E-state index contributed by atoms with van der Waals surface area (Å²) in [5, 5.41) is 7.55. The molecule has 3 heterocycles. The minimum Gasteiger partial charge on any atom is -0.309 e. The van der Waals surface area contributed by atoms with Gasteiger partial charge in [-0.1, -0.05) is 115 Å². The highest BCUT2D eigenvalue weighted by molar-refractivity contribution is 6.20. The average Bonchev–Trinajstić information content (AvgIpc) is 3.64. The van der Waals surface area contributed by atoms with Gasteiger partial charge in [0, 0.05) is 38.0 Å². The Morgan fingerprint density at radius 3 is 1.76 bits per heavy atom. The molecule has 214 valence electrons. The normalized spacial score (nSPS) is 12.0. The number of fused-ring (bicyclic) bond motifs is 8. The van der Waals surface area contributed by atoms with Crippen LogP contribution >= 0.6 is 0 Å². The zero-order valence-corrected chi connectivity index (χ0v) is 24.8. The van der Waals surface area contributed by atoms with E-state index >= 15 is 0 Å². The fourth-order valence-corrected chi connectivity index (χ4v) is 7.56. The SMILES string of the molecule is O=c1c2ccccc2c2cccc3c4cc(-c5ccc(-n6c7ccccc7c7ccc(-c8ccccc8)cc76)cc5)ccc4n1c23. The van der Waals surface area contributed by atoms with Crippen LogP contribution in [-0.4, -0.2) is 8.97 Å². The van der Waals surface area contributed by atoms with E-state index in [9.17, 15) is 4.79 Å². The molecule has 7 aromatic carbocycles. The molecule has 0 aliphatic rings. The van der Waals surface area contributed by atoms with Gasteiger partial charge in [-0.25, -0.2) is 0 Å². The minimum absolute atomic E-state index is 0.0352. The molecule has 3 aromatic heterocycles. The largest absolute Gasteiger partial charge is 0.309 e. The van der Waals surface area contributed by atoms with Crippen LogP contribution in [0, 0.1) is 0 Å². The Morgan fingerprint density at radius 1 is 0.348 bits per heavy atom. The molecule has 0 radical (unpaired) electrons. The Labute approximate surface area is 264 Å². The number of para-hydroxylation sites is 2. The second-order valence-electron chi connectivity index (χ2n) is 12.1. The van der Waals surface area contributed by atoms with Crippen LogP contribution in [0.15, 0.2) is 163 Å². The molecule has 0 aliphatic heterocycles. The molecular weight excluding hydrogens is 560 g/mol. The summed E-state index contributed by atoms with van der Waals surface area (Å²) >= 11 is 0. The van der Waals surface area contributed by atoms with Crippen molar-refractivity contribution in [1.82, 2.24) is 8.97 Å². The summed E-state index contributed by atoms with van der Waals surface area (Å²) in [4.78, 5) is 13.7. The average molecular weight is 587 g/mol. The number of hydrogen-bond donors (Lipinski definition) is 0. The quantitative estimate of drug-likeness (QED) is 0.189. The zero-order valence-electron chi connectivity index (χ0n) is 24.8. The first-order chi connectivity index (χ1) is 22.7. The van der Waals surface area contributed by atoms with E-state index in [1.807, 2.05) is 22.6 Å². The Bertz CT molecular complexity index is 2860. The smallest absolute Gasteiger partial charge is 0.263 e. The number of rotatable bonds is 3. The van der Waals surface area contributed by atoms with E-state index in [4.69, 9.17) is 0 Å². The molecule has 0 amide bonds. The van der Waals surface area contributed by atoms with Crippen LogP contribution in [0.1, 0.15) is 0 Å². The Balaban J connectivity index is 1.14. The Morgan fingerprint density at radius 2 is 0.935 bits per heavy atom. The molecule has 3 nitrogen and oxygen atoms in total. The van der Waals surface area contributed by atoms with E-state index in [1.54, 1.807) is 0 Å². The molecular formula is C43H26N2O. The van der Waals surface area contributed by atoms with E-state index < -0.39 is 0 Å². The van der Waals surface area contributed by atoms with Crippen molar-refractivity contribution in [3.8, 4) is 27.9 Å². The second-order valence-corrected chi connectivity index (χ2v) is 12.1. The first-order valence-electron chi connectivity index (χ1n) is 15.7. The predicted molar refractivity (Wildman–Crippen MR) is 193 cm³/mol. The third-order valence-corrected chi connectivity index (χ3v) is 9.68. The number of benzene rings is 7. The predicted octanol–water partition coefficient (Wildman–Crippen LogP) is 10.6. The van der Waals surface area contributed by atoms with Gasteiger partial charge in [0.15, 0.2) is 0 Å². The van der Waals surface area contributed by atoms with Gasteiger partial charge in [0.25, 0.3) is 5.56 Å². The molecule has 0 unspecified atom stereocenters. The molecule has 0 atom stereocenters. The minimum atomic E-state index is 0.0352. The summed E-state index contributed by atoms with van der Waals surface area (Å²) < 4.78 is 4.28. The van der Waals surface area contributed by atoms with Crippen LogP contribution in [0.4, 0.5) is 0 Å². The lowest BCUT2D eigenvalue weighted by molar-refractivity contribution is 1.18. The number of aromatic nitrogens is 2. The van der Waals surface area contributed by atoms with Gasteiger partial charge in [-0.15, -0.1) is 0 Å². The van der Waals surface area contributed by atoms with Crippen LogP contribution in [0.2, 0.25) is 0 Å². The monoisotopic (exact) mass is 586 g/mol. The molecule has 10 aromatic rings. The standard InChI is InChI=1S/C43H26N2O/c46-43-37-13-5-4-11-32(37)35-14-8-15-36-38-25-29(20-24-40(38)45(43)42(35)36)28-17-21-31(22-18-28)44-39-16-7-6-12-33(39)34-23-19-30(26-41(34)44)27-9-2-1-3-10-27/h1-26H. The summed E-state index contributed by atoms with van der Waals surface area (Å²) in [6.45, 7) is 0. The van der Waals surface area contributed by atoms with Gasteiger partial charge in [0.05, 0.1) is 22.1 Å². The van der Waals surface area contributed by atoms with Crippen LogP contribution < -0.4 is 5.56 Å². The summed E-state index contributed by atoms with van der Waals surface area (Å²) in [6.07, 6.45) is 0. The van der Waals surface area contributed by atoms with Crippen LogP contribution in [-0.2, 0) is 0 Å². The Kier molecular flexibility index (Phi) is 5.15. The summed E-state index contributed by atoms with van der Waals surface area (Å²) in [5.41, 5.74) is 10.2.